The van der Waals surface area contributed by atoms with Crippen LogP contribution >= 0.6 is 0 Å². The molecular weight excluding hydrogens is 224 g/mol. The lowest BCUT2D eigenvalue weighted by atomic mass is 10.1. The Bertz CT molecular complexity index is 372. The highest BCUT2D eigenvalue weighted by Gasteiger charge is 2.15. The van der Waals surface area contributed by atoms with Gasteiger partial charge in [-0.1, -0.05) is 18.2 Å². The van der Waals surface area contributed by atoms with Crippen LogP contribution in [0.25, 0.3) is 0 Å². The van der Waals surface area contributed by atoms with Gasteiger partial charge in [-0.05, 0) is 31.9 Å². The molecule has 1 saturated heterocycles. The smallest absolute Gasteiger partial charge is 0.125 e. The molecule has 1 N–H and O–H groups in total. The van der Waals surface area contributed by atoms with Crippen molar-refractivity contribution in [3.63, 3.8) is 0 Å². The second kappa shape index (κ2) is 6.21. The summed E-state index contributed by atoms with van der Waals surface area (Å²) < 4.78 is 5.94. The van der Waals surface area contributed by atoms with Crippen LogP contribution in [-0.2, 0) is 0 Å². The first-order valence-corrected chi connectivity index (χ1v) is 6.81. The third-order valence-corrected chi connectivity index (χ3v) is 3.52. The minimum absolute atomic E-state index is 0.596. The fraction of sp³-hybridized carbons (Fsp3) is 0.600. The van der Waals surface area contributed by atoms with Crippen molar-refractivity contribution in [1.82, 2.24) is 10.2 Å². The maximum absolute atomic E-state index is 5.94. The quantitative estimate of drug-likeness (QED) is 0.882. The number of ether oxygens (including phenoxy) is 1. The summed E-state index contributed by atoms with van der Waals surface area (Å²) in [4.78, 5) is 2.47. The number of benzene rings is 1. The second-order valence-corrected chi connectivity index (χ2v) is 5.23. The van der Waals surface area contributed by atoms with E-state index >= 15 is 0 Å². The first-order valence-electron chi connectivity index (χ1n) is 6.81. The van der Waals surface area contributed by atoms with Crippen molar-refractivity contribution >= 4 is 0 Å². The summed E-state index contributed by atoms with van der Waals surface area (Å²) in [5.74, 6) is 1.06. The van der Waals surface area contributed by atoms with E-state index in [1.54, 1.807) is 0 Å². The molecule has 1 aliphatic rings. The molecule has 0 bridgehead atoms. The molecule has 100 valence electrons. The predicted molar refractivity (Wildman–Crippen MR) is 75.3 cm³/mol. The van der Waals surface area contributed by atoms with Crippen LogP contribution in [0.2, 0.25) is 0 Å². The minimum atomic E-state index is 0.596. The van der Waals surface area contributed by atoms with Gasteiger partial charge in [0.15, 0.2) is 0 Å². The Kier molecular flexibility index (Phi) is 4.61. The van der Waals surface area contributed by atoms with Crippen LogP contribution in [0.1, 0.15) is 18.1 Å². The Morgan fingerprint density at radius 1 is 1.33 bits per heavy atom. The zero-order valence-corrected chi connectivity index (χ0v) is 11.7. The molecule has 1 unspecified atom stereocenters. The molecule has 1 atom stereocenters. The van der Waals surface area contributed by atoms with Crippen molar-refractivity contribution in [2.45, 2.75) is 26.8 Å². The van der Waals surface area contributed by atoms with E-state index in [1.165, 1.54) is 11.1 Å². The molecule has 1 aromatic carbocycles. The second-order valence-electron chi connectivity index (χ2n) is 5.23. The molecule has 0 spiro atoms. The van der Waals surface area contributed by atoms with Crippen LogP contribution in [0.3, 0.4) is 0 Å². The van der Waals surface area contributed by atoms with E-state index in [9.17, 15) is 0 Å². The highest BCUT2D eigenvalue weighted by Crippen LogP contribution is 2.22. The highest BCUT2D eigenvalue weighted by molar-refractivity contribution is 5.39. The van der Waals surface area contributed by atoms with Crippen molar-refractivity contribution < 1.29 is 4.74 Å². The van der Waals surface area contributed by atoms with Crippen molar-refractivity contribution in [3.05, 3.63) is 29.3 Å². The van der Waals surface area contributed by atoms with Crippen molar-refractivity contribution in [2.75, 3.05) is 32.8 Å². The van der Waals surface area contributed by atoms with E-state index in [1.807, 2.05) is 0 Å². The Labute approximate surface area is 110 Å². The van der Waals surface area contributed by atoms with Gasteiger partial charge in [0, 0.05) is 32.2 Å². The van der Waals surface area contributed by atoms with Crippen LogP contribution in [0, 0.1) is 13.8 Å². The third-order valence-electron chi connectivity index (χ3n) is 3.52. The summed E-state index contributed by atoms with van der Waals surface area (Å²) in [6.45, 7) is 11.6. The summed E-state index contributed by atoms with van der Waals surface area (Å²) in [7, 11) is 0. The topological polar surface area (TPSA) is 24.5 Å². The average Bonchev–Trinajstić information content (AvgIpc) is 2.33. The first kappa shape index (κ1) is 13.4. The molecule has 2 rings (SSSR count). The Hall–Kier alpha value is -1.06. The highest BCUT2D eigenvalue weighted by atomic mass is 16.5. The number of rotatable bonds is 4. The van der Waals surface area contributed by atoms with Crippen molar-refractivity contribution in [2.24, 2.45) is 0 Å². The van der Waals surface area contributed by atoms with Crippen LogP contribution < -0.4 is 10.1 Å². The zero-order chi connectivity index (χ0) is 13.0. The lowest BCUT2D eigenvalue weighted by molar-refractivity contribution is 0.169. The van der Waals surface area contributed by atoms with E-state index in [2.05, 4.69) is 49.2 Å². The average molecular weight is 248 g/mol. The number of piperazine rings is 1. The fourth-order valence-electron chi connectivity index (χ4n) is 2.52. The third kappa shape index (κ3) is 3.47. The van der Waals surface area contributed by atoms with Gasteiger partial charge in [0.05, 0.1) is 0 Å². The molecule has 1 fully saturated rings. The van der Waals surface area contributed by atoms with Gasteiger partial charge in [-0.25, -0.2) is 0 Å². The number of hydrogen-bond acceptors (Lipinski definition) is 3. The van der Waals surface area contributed by atoms with Crippen LogP contribution in [0.15, 0.2) is 18.2 Å². The normalized spacial score (nSPS) is 20.9. The number of hydrogen-bond donors (Lipinski definition) is 1. The molecular formula is C15H24N2O. The molecule has 0 saturated carbocycles. The molecule has 3 nitrogen and oxygen atoms in total. The SMILES string of the molecule is Cc1cccc(C)c1OCCN1CCNC(C)C1. The minimum Gasteiger partial charge on any atom is -0.492 e. The molecule has 3 heteroatoms. The van der Waals surface area contributed by atoms with Gasteiger partial charge < -0.3 is 10.1 Å². The Morgan fingerprint density at radius 2 is 2.06 bits per heavy atom. The van der Waals surface area contributed by atoms with Gasteiger partial charge in [0.2, 0.25) is 0 Å². The summed E-state index contributed by atoms with van der Waals surface area (Å²) >= 11 is 0. The van der Waals surface area contributed by atoms with Crippen LogP contribution in [0.4, 0.5) is 0 Å². The summed E-state index contributed by atoms with van der Waals surface area (Å²) in [6, 6.07) is 6.89. The number of nitrogens with zero attached hydrogens (tertiary/aromatic N) is 1. The largest absolute Gasteiger partial charge is 0.492 e. The van der Waals surface area contributed by atoms with E-state index in [0.717, 1.165) is 38.5 Å². The van der Waals surface area contributed by atoms with E-state index in [4.69, 9.17) is 4.74 Å². The molecule has 1 heterocycles. The lowest BCUT2D eigenvalue weighted by Gasteiger charge is -2.31. The molecule has 18 heavy (non-hydrogen) atoms. The van der Waals surface area contributed by atoms with E-state index in [-0.39, 0.29) is 0 Å². The number of nitrogens with one attached hydrogen (secondary N) is 1. The van der Waals surface area contributed by atoms with Crippen LogP contribution in [0.5, 0.6) is 5.75 Å². The van der Waals surface area contributed by atoms with Crippen LogP contribution in [-0.4, -0.2) is 43.7 Å². The fourth-order valence-corrected chi connectivity index (χ4v) is 2.52. The van der Waals surface area contributed by atoms with Gasteiger partial charge in [-0.2, -0.15) is 0 Å². The molecule has 0 aromatic heterocycles. The summed E-state index contributed by atoms with van der Waals surface area (Å²) in [5, 5.41) is 3.46. The first-order chi connectivity index (χ1) is 8.66. The van der Waals surface area contributed by atoms with Gasteiger partial charge in [-0.3, -0.25) is 4.90 Å². The number of aryl methyl sites for hydroxylation is 2. The Morgan fingerprint density at radius 3 is 2.72 bits per heavy atom. The summed E-state index contributed by atoms with van der Waals surface area (Å²) in [6.07, 6.45) is 0. The van der Waals surface area contributed by atoms with Crippen molar-refractivity contribution in [3.8, 4) is 5.75 Å². The number of para-hydroxylation sites is 1. The summed E-state index contributed by atoms with van der Waals surface area (Å²) in [5.41, 5.74) is 2.45. The molecule has 1 aromatic rings. The zero-order valence-electron chi connectivity index (χ0n) is 11.7. The van der Waals surface area contributed by atoms with Gasteiger partial charge >= 0.3 is 0 Å². The van der Waals surface area contributed by atoms with E-state index in [0.29, 0.717) is 6.04 Å². The maximum Gasteiger partial charge on any atom is 0.125 e. The van der Waals surface area contributed by atoms with Gasteiger partial charge in [0.25, 0.3) is 0 Å². The van der Waals surface area contributed by atoms with Gasteiger partial charge in [-0.15, -0.1) is 0 Å². The molecule has 1 aliphatic heterocycles. The van der Waals surface area contributed by atoms with E-state index < -0.39 is 0 Å². The maximum atomic E-state index is 5.94. The predicted octanol–water partition coefficient (Wildman–Crippen LogP) is 1.98. The molecule has 0 aliphatic carbocycles. The van der Waals surface area contributed by atoms with Gasteiger partial charge in [0.1, 0.15) is 12.4 Å². The standard InChI is InChI=1S/C15H24N2O/c1-12-5-4-6-13(2)15(12)18-10-9-17-8-7-16-14(3)11-17/h4-6,14,16H,7-11H2,1-3H3. The lowest BCUT2D eigenvalue weighted by Crippen LogP contribution is -2.50. The monoisotopic (exact) mass is 248 g/mol. The Balaban J connectivity index is 1.81. The van der Waals surface area contributed by atoms with Crippen molar-refractivity contribution in [1.29, 1.82) is 0 Å². The molecule has 0 radical (unpaired) electrons. The molecule has 0 amide bonds.